The molecule has 0 aromatic carbocycles. The Balaban J connectivity index is 2.59. The van der Waals surface area contributed by atoms with Crippen LogP contribution in [0, 0.1) is 0 Å². The minimum atomic E-state index is 0.652. The lowest BCUT2D eigenvalue weighted by Crippen LogP contribution is -2.30. The van der Waals surface area contributed by atoms with Crippen molar-refractivity contribution in [2.75, 3.05) is 7.11 Å². The van der Waals surface area contributed by atoms with Crippen LogP contribution in [0.25, 0.3) is 11.3 Å². The first-order chi connectivity index (χ1) is 7.33. The van der Waals surface area contributed by atoms with Gasteiger partial charge < -0.3 is 4.74 Å². The van der Waals surface area contributed by atoms with Gasteiger partial charge in [0.2, 0.25) is 11.6 Å². The van der Waals surface area contributed by atoms with Crippen LogP contribution in [0.5, 0.6) is 5.88 Å². The van der Waals surface area contributed by atoms with Crippen LogP contribution in [-0.2, 0) is 7.05 Å². The number of hydrogen-bond donors (Lipinski definition) is 0. The van der Waals surface area contributed by atoms with Crippen LogP contribution >= 0.6 is 0 Å². The third-order valence-electron chi connectivity index (χ3n) is 2.30. The molecule has 2 aromatic rings. The van der Waals surface area contributed by atoms with E-state index in [-0.39, 0.29) is 0 Å². The fourth-order valence-corrected chi connectivity index (χ4v) is 1.55. The second kappa shape index (κ2) is 4.09. The van der Waals surface area contributed by atoms with Crippen molar-refractivity contribution in [2.45, 2.75) is 0 Å². The molecule has 2 rings (SSSR count). The van der Waals surface area contributed by atoms with Gasteiger partial charge in [-0.25, -0.2) is 9.55 Å². The van der Waals surface area contributed by atoms with Gasteiger partial charge in [0.15, 0.2) is 6.20 Å². The fraction of sp³-hybridized carbons (Fsp3) is 0.167. The van der Waals surface area contributed by atoms with Gasteiger partial charge >= 0.3 is 0 Å². The van der Waals surface area contributed by atoms with Crippen LogP contribution in [0.3, 0.4) is 0 Å². The van der Waals surface area contributed by atoms with Crippen molar-refractivity contribution in [2.24, 2.45) is 7.05 Å². The highest BCUT2D eigenvalue weighted by Crippen LogP contribution is 2.23. The molecule has 0 aliphatic heterocycles. The SMILES string of the molecule is COc1ncccc1-c1cccc[n+]1C. The molecule has 15 heavy (non-hydrogen) atoms. The number of methoxy groups -OCH3 is 1. The molecule has 0 saturated carbocycles. The number of pyridine rings is 2. The van der Waals surface area contributed by atoms with Crippen molar-refractivity contribution in [1.82, 2.24) is 4.98 Å². The summed E-state index contributed by atoms with van der Waals surface area (Å²) >= 11 is 0. The quantitative estimate of drug-likeness (QED) is 0.689. The van der Waals surface area contributed by atoms with E-state index in [2.05, 4.69) is 4.98 Å². The molecule has 76 valence electrons. The molecule has 0 bridgehead atoms. The Morgan fingerprint density at radius 2 is 2.07 bits per heavy atom. The van der Waals surface area contributed by atoms with E-state index in [1.54, 1.807) is 13.3 Å². The third kappa shape index (κ3) is 1.81. The highest BCUT2D eigenvalue weighted by molar-refractivity contribution is 5.61. The molecule has 2 heterocycles. The Hall–Kier alpha value is -1.90. The van der Waals surface area contributed by atoms with Crippen molar-refractivity contribution in [1.29, 1.82) is 0 Å². The van der Waals surface area contributed by atoms with E-state index in [0.29, 0.717) is 5.88 Å². The van der Waals surface area contributed by atoms with Crippen LogP contribution < -0.4 is 9.30 Å². The maximum Gasteiger partial charge on any atom is 0.227 e. The predicted octanol–water partition coefficient (Wildman–Crippen LogP) is 1.58. The molecular formula is C12H13N2O+. The van der Waals surface area contributed by atoms with Crippen LogP contribution in [0.1, 0.15) is 0 Å². The molecule has 0 fully saturated rings. The lowest BCUT2D eigenvalue weighted by atomic mass is 10.2. The molecule has 0 aliphatic carbocycles. The Kier molecular flexibility index (Phi) is 2.63. The number of aromatic nitrogens is 2. The Labute approximate surface area is 89.0 Å². The van der Waals surface area contributed by atoms with Gasteiger partial charge in [0, 0.05) is 18.3 Å². The summed E-state index contributed by atoms with van der Waals surface area (Å²) in [5.41, 5.74) is 2.09. The largest absolute Gasteiger partial charge is 0.480 e. The predicted molar refractivity (Wildman–Crippen MR) is 57.4 cm³/mol. The van der Waals surface area contributed by atoms with Crippen molar-refractivity contribution in [3.05, 3.63) is 42.7 Å². The monoisotopic (exact) mass is 201 g/mol. The molecule has 0 unspecified atom stereocenters. The summed E-state index contributed by atoms with van der Waals surface area (Å²) in [7, 11) is 3.64. The van der Waals surface area contributed by atoms with Gasteiger partial charge in [-0.15, -0.1) is 0 Å². The molecule has 3 heteroatoms. The highest BCUT2D eigenvalue weighted by atomic mass is 16.5. The molecule has 0 aliphatic rings. The molecule has 0 saturated heterocycles. The minimum Gasteiger partial charge on any atom is -0.480 e. The summed E-state index contributed by atoms with van der Waals surface area (Å²) in [4.78, 5) is 4.18. The van der Waals surface area contributed by atoms with Gasteiger partial charge in [-0.2, -0.15) is 0 Å². The van der Waals surface area contributed by atoms with E-state index >= 15 is 0 Å². The second-order valence-corrected chi connectivity index (χ2v) is 3.26. The smallest absolute Gasteiger partial charge is 0.227 e. The topological polar surface area (TPSA) is 26.0 Å². The van der Waals surface area contributed by atoms with Gasteiger partial charge in [0.05, 0.1) is 7.11 Å². The highest BCUT2D eigenvalue weighted by Gasteiger charge is 2.13. The van der Waals surface area contributed by atoms with Crippen molar-refractivity contribution in [3.63, 3.8) is 0 Å². The van der Waals surface area contributed by atoms with Gasteiger partial charge in [-0.3, -0.25) is 0 Å². The van der Waals surface area contributed by atoms with Crippen LogP contribution in [0.15, 0.2) is 42.7 Å². The van der Waals surface area contributed by atoms with Gasteiger partial charge in [-0.1, -0.05) is 0 Å². The van der Waals surface area contributed by atoms with E-state index in [4.69, 9.17) is 4.74 Å². The second-order valence-electron chi connectivity index (χ2n) is 3.26. The van der Waals surface area contributed by atoms with Crippen LogP contribution in [0.4, 0.5) is 0 Å². The molecular weight excluding hydrogens is 188 g/mol. The molecule has 0 amide bonds. The standard InChI is InChI=1S/C12H13N2O/c1-14-9-4-3-7-11(14)10-6-5-8-13-12(10)15-2/h3-9H,1-2H3/q+1. The molecule has 0 N–H and O–H groups in total. The number of hydrogen-bond acceptors (Lipinski definition) is 2. The zero-order valence-corrected chi connectivity index (χ0v) is 8.84. The first kappa shape index (κ1) is 9.65. The molecule has 3 nitrogen and oxygen atoms in total. The van der Waals surface area contributed by atoms with E-state index in [9.17, 15) is 0 Å². The third-order valence-corrected chi connectivity index (χ3v) is 2.30. The van der Waals surface area contributed by atoms with E-state index < -0.39 is 0 Å². The zero-order chi connectivity index (χ0) is 10.7. The van der Waals surface area contributed by atoms with E-state index in [1.807, 2.05) is 48.1 Å². The van der Waals surface area contributed by atoms with Gasteiger partial charge in [0.25, 0.3) is 0 Å². The van der Waals surface area contributed by atoms with Crippen LogP contribution in [-0.4, -0.2) is 12.1 Å². The van der Waals surface area contributed by atoms with Crippen molar-refractivity contribution in [3.8, 4) is 17.1 Å². The molecule has 2 aromatic heterocycles. The maximum absolute atomic E-state index is 5.23. The first-order valence-corrected chi connectivity index (χ1v) is 4.77. The normalized spacial score (nSPS) is 10.0. The minimum absolute atomic E-state index is 0.652. The van der Waals surface area contributed by atoms with Gasteiger partial charge in [-0.05, 0) is 18.2 Å². The van der Waals surface area contributed by atoms with Crippen LogP contribution in [0.2, 0.25) is 0 Å². The lowest BCUT2D eigenvalue weighted by molar-refractivity contribution is -0.660. The number of nitrogens with zero attached hydrogens (tertiary/aromatic N) is 2. The van der Waals surface area contributed by atoms with E-state index in [1.165, 1.54) is 0 Å². The average molecular weight is 201 g/mol. The summed E-state index contributed by atoms with van der Waals surface area (Å²) in [6.07, 6.45) is 3.73. The van der Waals surface area contributed by atoms with Gasteiger partial charge in [0.1, 0.15) is 12.6 Å². The maximum atomic E-state index is 5.23. The lowest BCUT2D eigenvalue weighted by Gasteiger charge is -2.04. The molecule has 0 spiro atoms. The summed E-state index contributed by atoms with van der Waals surface area (Å²) in [6.45, 7) is 0. The number of rotatable bonds is 2. The average Bonchev–Trinajstić information content (AvgIpc) is 2.30. The Morgan fingerprint density at radius 3 is 2.80 bits per heavy atom. The summed E-state index contributed by atoms with van der Waals surface area (Å²) < 4.78 is 7.27. The van der Waals surface area contributed by atoms with E-state index in [0.717, 1.165) is 11.3 Å². The molecule has 0 radical (unpaired) electrons. The van der Waals surface area contributed by atoms with Crippen molar-refractivity contribution < 1.29 is 9.30 Å². The molecule has 0 atom stereocenters. The van der Waals surface area contributed by atoms with Crippen molar-refractivity contribution >= 4 is 0 Å². The summed E-state index contributed by atoms with van der Waals surface area (Å²) in [6, 6.07) is 9.94. The zero-order valence-electron chi connectivity index (χ0n) is 8.84. The number of aryl methyl sites for hydroxylation is 1. The Morgan fingerprint density at radius 1 is 1.20 bits per heavy atom. The summed E-state index contributed by atoms with van der Waals surface area (Å²) in [5, 5.41) is 0. The fourth-order valence-electron chi connectivity index (χ4n) is 1.55. The Bertz CT molecular complexity index is 469. The number of ether oxygens (including phenoxy) is 1. The summed E-state index contributed by atoms with van der Waals surface area (Å²) in [5.74, 6) is 0.652. The first-order valence-electron chi connectivity index (χ1n) is 4.77.